The molecule has 0 bridgehead atoms. The van der Waals surface area contributed by atoms with E-state index in [1.807, 2.05) is 46.7 Å². The molecule has 5 heteroatoms. The minimum absolute atomic E-state index is 0.180. The molecule has 2 aromatic carbocycles. The largest absolute Gasteiger partial charge is 0.486 e. The molecule has 1 aliphatic rings. The van der Waals surface area contributed by atoms with Crippen LogP contribution in [0.1, 0.15) is 40.2 Å². The molecule has 1 aromatic heterocycles. The fraction of sp³-hybridized carbons (Fsp3) is 0.333. The smallest absolute Gasteiger partial charge is 0.227 e. The van der Waals surface area contributed by atoms with Crippen molar-refractivity contribution in [2.45, 2.75) is 52.3 Å². The summed E-state index contributed by atoms with van der Waals surface area (Å²) in [6.45, 7) is 5.21. The Bertz CT molecular complexity index is 980. The van der Waals surface area contributed by atoms with E-state index in [1.54, 1.807) is 11.3 Å². The Morgan fingerprint density at radius 3 is 2.66 bits per heavy atom. The zero-order valence-electron chi connectivity index (χ0n) is 16.9. The number of rotatable bonds is 8. The van der Waals surface area contributed by atoms with Crippen LogP contribution in [0.4, 0.5) is 0 Å². The van der Waals surface area contributed by atoms with Crippen molar-refractivity contribution in [3.05, 3.63) is 81.3 Å². The molecule has 4 nitrogen and oxygen atoms in total. The lowest BCUT2D eigenvalue weighted by molar-refractivity contribution is -0.131. The van der Waals surface area contributed by atoms with Crippen LogP contribution in [0.2, 0.25) is 0 Å². The molecule has 4 rings (SSSR count). The molecule has 29 heavy (non-hydrogen) atoms. The molecule has 150 valence electrons. The molecule has 3 aromatic rings. The van der Waals surface area contributed by atoms with Crippen molar-refractivity contribution in [1.82, 2.24) is 9.88 Å². The van der Waals surface area contributed by atoms with Gasteiger partial charge in [0.25, 0.3) is 0 Å². The molecule has 1 amide bonds. The zero-order chi connectivity index (χ0) is 20.2. The normalized spacial score (nSPS) is 13.3. The van der Waals surface area contributed by atoms with E-state index in [4.69, 9.17) is 9.72 Å². The molecule has 1 saturated carbocycles. The standard InChI is InChI=1S/C24H26N2O2S/c1-17-8-11-22(12-18(17)2)28-15-23-25-20(16-29-23)14-26(21-9-10-21)24(27)13-19-6-4-3-5-7-19/h3-8,11-12,16,21H,9-10,13-15H2,1-2H3. The van der Waals surface area contributed by atoms with Gasteiger partial charge in [0.05, 0.1) is 18.7 Å². The van der Waals surface area contributed by atoms with Crippen LogP contribution in [-0.4, -0.2) is 21.8 Å². The van der Waals surface area contributed by atoms with E-state index in [-0.39, 0.29) is 5.91 Å². The number of benzene rings is 2. The van der Waals surface area contributed by atoms with Crippen molar-refractivity contribution in [3.63, 3.8) is 0 Å². The topological polar surface area (TPSA) is 42.4 Å². The number of amides is 1. The summed E-state index contributed by atoms with van der Waals surface area (Å²) in [5.41, 5.74) is 4.49. The second-order valence-electron chi connectivity index (χ2n) is 7.68. The molecule has 0 N–H and O–H groups in total. The fourth-order valence-electron chi connectivity index (χ4n) is 3.29. The molecule has 1 aliphatic carbocycles. The minimum Gasteiger partial charge on any atom is -0.486 e. The molecular weight excluding hydrogens is 380 g/mol. The van der Waals surface area contributed by atoms with Gasteiger partial charge >= 0.3 is 0 Å². The summed E-state index contributed by atoms with van der Waals surface area (Å²) in [6, 6.07) is 16.4. The number of hydrogen-bond donors (Lipinski definition) is 0. The Morgan fingerprint density at radius 2 is 1.93 bits per heavy atom. The second-order valence-corrected chi connectivity index (χ2v) is 8.63. The van der Waals surface area contributed by atoms with Crippen LogP contribution in [0.5, 0.6) is 5.75 Å². The summed E-state index contributed by atoms with van der Waals surface area (Å²) in [6.07, 6.45) is 2.63. The van der Waals surface area contributed by atoms with Gasteiger partial charge in [-0.2, -0.15) is 0 Å². The fourth-order valence-corrected chi connectivity index (χ4v) is 3.99. The summed E-state index contributed by atoms with van der Waals surface area (Å²) in [7, 11) is 0. The molecule has 0 spiro atoms. The van der Waals surface area contributed by atoms with Crippen LogP contribution in [0.3, 0.4) is 0 Å². The number of thiazole rings is 1. The lowest BCUT2D eigenvalue weighted by Crippen LogP contribution is -2.33. The summed E-state index contributed by atoms with van der Waals surface area (Å²) in [5.74, 6) is 1.04. The van der Waals surface area contributed by atoms with Crippen LogP contribution < -0.4 is 4.74 Å². The molecule has 0 atom stereocenters. The molecule has 0 aliphatic heterocycles. The quantitative estimate of drug-likeness (QED) is 0.524. The Hall–Kier alpha value is -2.66. The highest BCUT2D eigenvalue weighted by Gasteiger charge is 2.32. The third-order valence-corrected chi connectivity index (χ3v) is 6.15. The summed E-state index contributed by atoms with van der Waals surface area (Å²) in [4.78, 5) is 19.6. The number of carbonyl (C=O) groups is 1. The van der Waals surface area contributed by atoms with Gasteiger partial charge in [-0.25, -0.2) is 4.98 Å². The Kier molecular flexibility index (Phi) is 5.95. The third-order valence-electron chi connectivity index (χ3n) is 5.28. The van der Waals surface area contributed by atoms with E-state index in [1.165, 1.54) is 11.1 Å². The average Bonchev–Trinajstić information content (AvgIpc) is 3.46. The zero-order valence-corrected chi connectivity index (χ0v) is 17.7. The van der Waals surface area contributed by atoms with Crippen molar-refractivity contribution in [3.8, 4) is 5.75 Å². The Balaban J connectivity index is 1.36. The first-order valence-corrected chi connectivity index (χ1v) is 10.9. The van der Waals surface area contributed by atoms with Crippen LogP contribution >= 0.6 is 11.3 Å². The molecule has 0 radical (unpaired) electrons. The van der Waals surface area contributed by atoms with E-state index in [0.29, 0.717) is 25.6 Å². The molecular formula is C24H26N2O2S. The van der Waals surface area contributed by atoms with E-state index in [0.717, 1.165) is 34.9 Å². The van der Waals surface area contributed by atoms with Gasteiger partial charge < -0.3 is 9.64 Å². The van der Waals surface area contributed by atoms with Gasteiger partial charge in [0.15, 0.2) is 0 Å². The van der Waals surface area contributed by atoms with Crippen molar-refractivity contribution in [2.75, 3.05) is 0 Å². The highest BCUT2D eigenvalue weighted by Crippen LogP contribution is 2.29. The maximum atomic E-state index is 12.9. The molecule has 0 unspecified atom stereocenters. The monoisotopic (exact) mass is 406 g/mol. The predicted molar refractivity (Wildman–Crippen MR) is 116 cm³/mol. The maximum absolute atomic E-state index is 12.9. The number of aromatic nitrogens is 1. The summed E-state index contributed by atoms with van der Waals surface area (Å²) < 4.78 is 5.90. The lowest BCUT2D eigenvalue weighted by Gasteiger charge is -2.21. The lowest BCUT2D eigenvalue weighted by atomic mass is 10.1. The first-order valence-electron chi connectivity index (χ1n) is 10.1. The van der Waals surface area contributed by atoms with Crippen molar-refractivity contribution >= 4 is 17.2 Å². The van der Waals surface area contributed by atoms with Crippen LogP contribution in [0.25, 0.3) is 0 Å². The number of carbonyl (C=O) groups excluding carboxylic acids is 1. The van der Waals surface area contributed by atoms with Crippen LogP contribution in [0, 0.1) is 13.8 Å². The van der Waals surface area contributed by atoms with Gasteiger partial charge in [0.2, 0.25) is 5.91 Å². The SMILES string of the molecule is Cc1ccc(OCc2nc(CN(C(=O)Cc3ccccc3)C3CC3)cs2)cc1C. The average molecular weight is 407 g/mol. The highest BCUT2D eigenvalue weighted by atomic mass is 32.1. The minimum atomic E-state index is 0.180. The molecule has 1 fully saturated rings. The number of hydrogen-bond acceptors (Lipinski definition) is 4. The van der Waals surface area contributed by atoms with Gasteiger partial charge in [-0.3, -0.25) is 4.79 Å². The van der Waals surface area contributed by atoms with Crippen LogP contribution in [0.15, 0.2) is 53.9 Å². The van der Waals surface area contributed by atoms with Gasteiger partial charge in [0.1, 0.15) is 17.4 Å². The van der Waals surface area contributed by atoms with E-state index < -0.39 is 0 Å². The van der Waals surface area contributed by atoms with E-state index in [2.05, 4.69) is 26.0 Å². The van der Waals surface area contributed by atoms with E-state index >= 15 is 0 Å². The molecule has 1 heterocycles. The first-order chi connectivity index (χ1) is 14.1. The number of aryl methyl sites for hydroxylation is 2. The van der Waals surface area contributed by atoms with Gasteiger partial charge in [0, 0.05) is 11.4 Å². The number of ether oxygens (including phenoxy) is 1. The summed E-state index contributed by atoms with van der Waals surface area (Å²) in [5, 5.41) is 2.98. The second kappa shape index (κ2) is 8.78. The van der Waals surface area contributed by atoms with Crippen LogP contribution in [-0.2, 0) is 24.4 Å². The highest BCUT2D eigenvalue weighted by molar-refractivity contribution is 7.09. The Labute approximate surface area is 176 Å². The first kappa shape index (κ1) is 19.6. The predicted octanol–water partition coefficient (Wildman–Crippen LogP) is 5.07. The number of nitrogens with zero attached hydrogens (tertiary/aromatic N) is 2. The van der Waals surface area contributed by atoms with Crippen molar-refractivity contribution in [1.29, 1.82) is 0 Å². The van der Waals surface area contributed by atoms with Gasteiger partial charge in [-0.1, -0.05) is 36.4 Å². The molecule has 0 saturated heterocycles. The van der Waals surface area contributed by atoms with E-state index in [9.17, 15) is 4.79 Å². The van der Waals surface area contributed by atoms with Crippen molar-refractivity contribution < 1.29 is 9.53 Å². The van der Waals surface area contributed by atoms with Crippen molar-refractivity contribution in [2.24, 2.45) is 0 Å². The summed E-state index contributed by atoms with van der Waals surface area (Å²) >= 11 is 1.59. The maximum Gasteiger partial charge on any atom is 0.227 e. The van der Waals surface area contributed by atoms with Gasteiger partial charge in [-0.15, -0.1) is 11.3 Å². The van der Waals surface area contributed by atoms with Gasteiger partial charge in [-0.05, 0) is 55.5 Å². The third kappa shape index (κ3) is 5.24. The Morgan fingerprint density at radius 1 is 1.14 bits per heavy atom.